The lowest BCUT2D eigenvalue weighted by molar-refractivity contribution is 0.0763. The van der Waals surface area contributed by atoms with Crippen molar-refractivity contribution in [2.45, 2.75) is 19.8 Å². The highest BCUT2D eigenvalue weighted by Crippen LogP contribution is 2.24. The number of carbonyl (C=O) groups is 1. The van der Waals surface area contributed by atoms with Gasteiger partial charge in [-0.2, -0.15) is 0 Å². The fraction of sp³-hybridized carbons (Fsp3) is 0.333. The van der Waals surface area contributed by atoms with Gasteiger partial charge in [0, 0.05) is 57.1 Å². The van der Waals surface area contributed by atoms with Crippen LogP contribution >= 0.6 is 0 Å². The lowest BCUT2D eigenvalue weighted by Crippen LogP contribution is -2.34. The van der Waals surface area contributed by atoms with E-state index in [1.165, 1.54) is 0 Å². The van der Waals surface area contributed by atoms with Gasteiger partial charge in [-0.15, -0.1) is 0 Å². The van der Waals surface area contributed by atoms with Gasteiger partial charge in [0.1, 0.15) is 11.6 Å². The average Bonchev–Trinajstić information content (AvgIpc) is 3.01. The number of aryl methyl sites for hydroxylation is 2. The predicted molar refractivity (Wildman–Crippen MR) is 106 cm³/mol. The molecular formula is C21H23N5O2. The number of rotatable bonds is 2. The van der Waals surface area contributed by atoms with Crippen LogP contribution in [0.15, 0.2) is 41.5 Å². The minimum Gasteiger partial charge on any atom is -0.338 e. The summed E-state index contributed by atoms with van der Waals surface area (Å²) in [6, 6.07) is 7.54. The molecule has 3 heterocycles. The van der Waals surface area contributed by atoms with Gasteiger partial charge in [0.25, 0.3) is 11.5 Å². The van der Waals surface area contributed by atoms with Gasteiger partial charge in [-0.1, -0.05) is 18.2 Å². The lowest BCUT2D eigenvalue weighted by Gasteiger charge is -2.21. The fourth-order valence-corrected chi connectivity index (χ4v) is 3.73. The summed E-state index contributed by atoms with van der Waals surface area (Å²) < 4.78 is 3.48. The number of hydrogen-bond donors (Lipinski definition) is 0. The Hall–Kier alpha value is -3.22. The molecule has 0 N–H and O–H groups in total. The second-order valence-electron chi connectivity index (χ2n) is 7.15. The van der Waals surface area contributed by atoms with E-state index in [0.29, 0.717) is 37.3 Å². The number of hydrogen-bond acceptors (Lipinski definition) is 4. The first-order valence-electron chi connectivity index (χ1n) is 9.38. The molecule has 0 atom stereocenters. The zero-order chi connectivity index (χ0) is 19.8. The van der Waals surface area contributed by atoms with Crippen molar-refractivity contribution in [1.82, 2.24) is 24.0 Å². The van der Waals surface area contributed by atoms with Gasteiger partial charge in [0.05, 0.1) is 11.3 Å². The molecule has 1 aliphatic heterocycles. The topological polar surface area (TPSA) is 73.0 Å². The molecule has 7 heteroatoms. The minimum atomic E-state index is -0.0417. The zero-order valence-corrected chi connectivity index (χ0v) is 16.3. The molecule has 0 saturated heterocycles. The smallest absolute Gasteiger partial charge is 0.256 e. The van der Waals surface area contributed by atoms with Crippen LogP contribution in [-0.2, 0) is 26.9 Å². The van der Waals surface area contributed by atoms with Gasteiger partial charge in [-0.25, -0.2) is 9.97 Å². The Labute approximate surface area is 163 Å². The third kappa shape index (κ3) is 3.02. The Kier molecular flexibility index (Phi) is 4.58. The van der Waals surface area contributed by atoms with Crippen molar-refractivity contribution < 1.29 is 4.79 Å². The van der Waals surface area contributed by atoms with E-state index in [1.807, 2.05) is 53.9 Å². The van der Waals surface area contributed by atoms with Gasteiger partial charge in [-0.3, -0.25) is 14.2 Å². The van der Waals surface area contributed by atoms with Crippen molar-refractivity contribution in [1.29, 1.82) is 0 Å². The SMILES string of the molecule is Cc1nc2c(c(=O)n1C)CCN(C(=O)c1ccccc1-c1nccn1C)CC2. The lowest BCUT2D eigenvalue weighted by atomic mass is 10.1. The Morgan fingerprint density at radius 2 is 1.86 bits per heavy atom. The quantitative estimate of drug-likeness (QED) is 0.682. The normalized spacial score (nSPS) is 13.9. The highest BCUT2D eigenvalue weighted by molar-refractivity contribution is 6.00. The Bertz CT molecular complexity index is 1110. The molecule has 144 valence electrons. The second kappa shape index (κ2) is 7.07. The summed E-state index contributed by atoms with van der Waals surface area (Å²) in [6.07, 6.45) is 4.69. The van der Waals surface area contributed by atoms with Gasteiger partial charge in [-0.05, 0) is 19.4 Å². The molecule has 1 amide bonds. The third-order valence-corrected chi connectivity index (χ3v) is 5.45. The zero-order valence-electron chi connectivity index (χ0n) is 16.3. The molecule has 0 unspecified atom stereocenters. The number of amides is 1. The summed E-state index contributed by atoms with van der Waals surface area (Å²) >= 11 is 0. The van der Waals surface area contributed by atoms with Crippen LogP contribution in [0.5, 0.6) is 0 Å². The minimum absolute atomic E-state index is 0.00907. The van der Waals surface area contributed by atoms with Gasteiger partial charge < -0.3 is 9.47 Å². The molecule has 0 saturated carbocycles. The third-order valence-electron chi connectivity index (χ3n) is 5.45. The van der Waals surface area contributed by atoms with Crippen LogP contribution < -0.4 is 5.56 Å². The van der Waals surface area contributed by atoms with E-state index in [0.717, 1.165) is 22.6 Å². The largest absolute Gasteiger partial charge is 0.338 e. The number of fused-ring (bicyclic) bond motifs is 1. The fourth-order valence-electron chi connectivity index (χ4n) is 3.73. The van der Waals surface area contributed by atoms with E-state index in [4.69, 9.17) is 0 Å². The molecule has 0 aliphatic carbocycles. The van der Waals surface area contributed by atoms with Gasteiger partial charge >= 0.3 is 0 Å². The first-order valence-corrected chi connectivity index (χ1v) is 9.38. The second-order valence-corrected chi connectivity index (χ2v) is 7.15. The maximum absolute atomic E-state index is 13.3. The van der Waals surface area contributed by atoms with E-state index in [2.05, 4.69) is 9.97 Å². The van der Waals surface area contributed by atoms with E-state index < -0.39 is 0 Å². The maximum atomic E-state index is 13.3. The highest BCUT2D eigenvalue weighted by atomic mass is 16.2. The summed E-state index contributed by atoms with van der Waals surface area (Å²) in [5, 5.41) is 0. The van der Waals surface area contributed by atoms with Crippen LogP contribution in [0.4, 0.5) is 0 Å². The summed E-state index contributed by atoms with van der Waals surface area (Å²) in [6.45, 7) is 2.87. The van der Waals surface area contributed by atoms with Gasteiger partial charge in [0.15, 0.2) is 0 Å². The molecule has 2 aromatic heterocycles. The van der Waals surface area contributed by atoms with E-state index >= 15 is 0 Å². The monoisotopic (exact) mass is 377 g/mol. The predicted octanol–water partition coefficient (Wildman–Crippen LogP) is 1.73. The van der Waals surface area contributed by atoms with Gasteiger partial charge in [0.2, 0.25) is 0 Å². The average molecular weight is 377 g/mol. The van der Waals surface area contributed by atoms with Crippen LogP contribution in [0, 0.1) is 6.92 Å². The van der Waals surface area contributed by atoms with Crippen LogP contribution in [0.2, 0.25) is 0 Å². The van der Waals surface area contributed by atoms with Crippen LogP contribution in [0.3, 0.4) is 0 Å². The Morgan fingerprint density at radius 3 is 2.61 bits per heavy atom. The number of imidazole rings is 1. The standard InChI is InChI=1S/C21H23N5O2/c1-14-23-18-9-12-26(11-8-17(18)20(27)25(14)3)21(28)16-7-5-4-6-15(16)19-22-10-13-24(19)2/h4-7,10,13H,8-9,11-12H2,1-3H3. The molecular weight excluding hydrogens is 354 g/mol. The molecule has 1 aromatic carbocycles. The van der Waals surface area contributed by atoms with Crippen molar-refractivity contribution in [3.8, 4) is 11.4 Å². The molecule has 0 radical (unpaired) electrons. The Morgan fingerprint density at radius 1 is 1.11 bits per heavy atom. The first-order chi connectivity index (χ1) is 13.5. The molecule has 0 fully saturated rings. The molecule has 7 nitrogen and oxygen atoms in total. The van der Waals surface area contributed by atoms with Crippen LogP contribution in [0.1, 0.15) is 27.4 Å². The van der Waals surface area contributed by atoms with Crippen molar-refractivity contribution in [2.75, 3.05) is 13.1 Å². The summed E-state index contributed by atoms with van der Waals surface area (Å²) in [4.78, 5) is 36.7. The molecule has 3 aromatic rings. The van der Waals surface area contributed by atoms with E-state index in [-0.39, 0.29) is 11.5 Å². The molecule has 1 aliphatic rings. The van der Waals surface area contributed by atoms with E-state index in [9.17, 15) is 9.59 Å². The van der Waals surface area contributed by atoms with Crippen molar-refractivity contribution in [2.24, 2.45) is 14.1 Å². The summed E-state index contributed by atoms with van der Waals surface area (Å²) in [5.41, 5.74) is 2.96. The highest BCUT2D eigenvalue weighted by Gasteiger charge is 2.25. The van der Waals surface area contributed by atoms with E-state index in [1.54, 1.807) is 17.8 Å². The van der Waals surface area contributed by atoms with Crippen molar-refractivity contribution in [3.63, 3.8) is 0 Å². The van der Waals surface area contributed by atoms with Crippen molar-refractivity contribution in [3.05, 3.63) is 69.7 Å². The molecule has 0 bridgehead atoms. The maximum Gasteiger partial charge on any atom is 0.256 e. The van der Waals surface area contributed by atoms with Crippen LogP contribution in [-0.4, -0.2) is 43.0 Å². The summed E-state index contributed by atoms with van der Waals surface area (Å²) in [7, 11) is 3.65. The number of aromatic nitrogens is 4. The Balaban J connectivity index is 1.66. The molecule has 28 heavy (non-hydrogen) atoms. The molecule has 0 spiro atoms. The number of carbonyl (C=O) groups excluding carboxylic acids is 1. The molecule has 4 rings (SSSR count). The first kappa shape index (κ1) is 18.2. The number of benzene rings is 1. The summed E-state index contributed by atoms with van der Waals surface area (Å²) in [5.74, 6) is 1.41. The van der Waals surface area contributed by atoms with Crippen LogP contribution in [0.25, 0.3) is 11.4 Å². The van der Waals surface area contributed by atoms with Crippen molar-refractivity contribution >= 4 is 5.91 Å². The number of nitrogens with zero attached hydrogens (tertiary/aromatic N) is 5.